The number of ether oxygens (including phenoxy) is 3. The molecule has 34 heavy (non-hydrogen) atoms. The fraction of sp³-hybridized carbons (Fsp3) is 0.227. The first-order chi connectivity index (χ1) is 16.2. The summed E-state index contributed by atoms with van der Waals surface area (Å²) < 4.78 is 32.4. The number of hydrogen-bond acceptors (Lipinski definition) is 9. The van der Waals surface area contributed by atoms with Gasteiger partial charge in [0, 0.05) is 0 Å². The molecule has 2 aromatic rings. The molecule has 176 valence electrons. The molecule has 1 heterocycles. The fourth-order valence-corrected chi connectivity index (χ4v) is 3.64. The van der Waals surface area contributed by atoms with Gasteiger partial charge in [0.05, 0.1) is 29.9 Å². The molecule has 0 saturated heterocycles. The van der Waals surface area contributed by atoms with Gasteiger partial charge in [-0.05, 0) is 35.4 Å². The minimum Gasteiger partial charge on any atom is -0.485 e. The van der Waals surface area contributed by atoms with Crippen molar-refractivity contribution < 1.29 is 43.0 Å². The number of carbonyl (C=O) groups excluding carboxylic acids is 1. The van der Waals surface area contributed by atoms with Gasteiger partial charge in [0.15, 0.2) is 11.9 Å². The molecule has 1 aliphatic heterocycles. The van der Waals surface area contributed by atoms with Crippen molar-refractivity contribution in [1.29, 1.82) is 10.5 Å². The zero-order valence-electron chi connectivity index (χ0n) is 17.5. The van der Waals surface area contributed by atoms with Crippen LogP contribution in [0.3, 0.4) is 0 Å². The van der Waals surface area contributed by atoms with Gasteiger partial charge >= 0.3 is 13.8 Å². The third kappa shape index (κ3) is 6.42. The van der Waals surface area contributed by atoms with E-state index in [0.29, 0.717) is 22.3 Å². The average Bonchev–Trinajstić information content (AvgIpc) is 3.14. The molecule has 3 N–H and O–H groups in total. The second kappa shape index (κ2) is 10.9. The number of aliphatic hydroxyl groups is 1. The SMILES string of the molecule is N#Cc1cccc(COC2=C(OCc3cccc(C#N)c3)[C@@H]([C@H](CO)OP(=O)(O)O)OC2=O)c1. The predicted octanol–water partition coefficient (Wildman–Crippen LogP) is 1.77. The van der Waals surface area contributed by atoms with Crippen LogP contribution in [0.2, 0.25) is 0 Å². The molecule has 0 aliphatic carbocycles. The number of carbonyl (C=O) groups is 1. The second-order valence-electron chi connectivity index (χ2n) is 7.04. The molecule has 2 atom stereocenters. The van der Waals surface area contributed by atoms with Crippen LogP contribution in [0.4, 0.5) is 0 Å². The molecule has 0 bridgehead atoms. The molecule has 0 amide bonds. The lowest BCUT2D eigenvalue weighted by Crippen LogP contribution is -2.34. The molecule has 0 unspecified atom stereocenters. The van der Waals surface area contributed by atoms with E-state index in [1.807, 2.05) is 12.1 Å². The van der Waals surface area contributed by atoms with Crippen molar-refractivity contribution in [3.8, 4) is 12.1 Å². The number of benzene rings is 2. The number of aliphatic hydroxyl groups excluding tert-OH is 1. The Morgan fingerprint density at radius 3 is 2.06 bits per heavy atom. The van der Waals surface area contributed by atoms with Crippen molar-refractivity contribution in [2.24, 2.45) is 0 Å². The van der Waals surface area contributed by atoms with Gasteiger partial charge in [-0.1, -0.05) is 24.3 Å². The van der Waals surface area contributed by atoms with Gasteiger partial charge in [0.25, 0.3) is 0 Å². The maximum atomic E-state index is 12.5. The van der Waals surface area contributed by atoms with E-state index in [1.165, 1.54) is 0 Å². The Hall–Kier alpha value is -3.70. The normalized spacial score (nSPS) is 16.4. The molecule has 3 rings (SSSR count). The van der Waals surface area contributed by atoms with Gasteiger partial charge in [-0.2, -0.15) is 10.5 Å². The van der Waals surface area contributed by atoms with Crippen LogP contribution in [0.5, 0.6) is 0 Å². The first kappa shape index (κ1) is 24.9. The number of hydrogen-bond donors (Lipinski definition) is 3. The first-order valence-corrected chi connectivity index (χ1v) is 11.3. The fourth-order valence-electron chi connectivity index (χ4n) is 3.11. The number of nitrogens with zero attached hydrogens (tertiary/aromatic N) is 2. The van der Waals surface area contributed by atoms with Gasteiger partial charge in [0.1, 0.15) is 19.3 Å². The van der Waals surface area contributed by atoms with Crippen molar-refractivity contribution in [2.75, 3.05) is 6.61 Å². The maximum absolute atomic E-state index is 12.5. The molecular formula is C22H19N2O9P. The molecule has 12 heteroatoms. The summed E-state index contributed by atoms with van der Waals surface area (Å²) in [4.78, 5) is 30.8. The van der Waals surface area contributed by atoms with E-state index < -0.39 is 32.6 Å². The minimum atomic E-state index is -5.05. The number of esters is 1. The van der Waals surface area contributed by atoms with Gasteiger partial charge in [0.2, 0.25) is 5.76 Å². The van der Waals surface area contributed by atoms with Crippen molar-refractivity contribution in [2.45, 2.75) is 25.4 Å². The van der Waals surface area contributed by atoms with E-state index >= 15 is 0 Å². The Bertz CT molecular complexity index is 1230. The highest BCUT2D eigenvalue weighted by Crippen LogP contribution is 2.41. The van der Waals surface area contributed by atoms with E-state index in [9.17, 15) is 14.5 Å². The zero-order valence-corrected chi connectivity index (χ0v) is 18.4. The van der Waals surface area contributed by atoms with Crippen LogP contribution < -0.4 is 0 Å². The molecule has 11 nitrogen and oxygen atoms in total. The smallest absolute Gasteiger partial charge is 0.470 e. The third-order valence-corrected chi connectivity index (χ3v) is 5.13. The summed E-state index contributed by atoms with van der Waals surface area (Å²) in [6, 6.07) is 16.9. The number of cyclic esters (lactones) is 1. The lowest BCUT2D eigenvalue weighted by molar-refractivity contribution is -0.148. The van der Waals surface area contributed by atoms with Crippen molar-refractivity contribution in [3.05, 3.63) is 82.3 Å². The monoisotopic (exact) mass is 486 g/mol. The summed E-state index contributed by atoms with van der Waals surface area (Å²) in [6.07, 6.45) is -3.15. The molecule has 2 aromatic carbocycles. The van der Waals surface area contributed by atoms with Crippen LogP contribution in [0, 0.1) is 22.7 Å². The van der Waals surface area contributed by atoms with Crippen molar-refractivity contribution in [3.63, 3.8) is 0 Å². The zero-order chi connectivity index (χ0) is 24.7. The molecule has 0 aromatic heterocycles. The van der Waals surface area contributed by atoms with Crippen LogP contribution >= 0.6 is 7.82 Å². The van der Waals surface area contributed by atoms with E-state index in [1.54, 1.807) is 48.5 Å². The van der Waals surface area contributed by atoms with E-state index in [0.717, 1.165) is 0 Å². The van der Waals surface area contributed by atoms with Crippen LogP contribution in [-0.4, -0.2) is 39.7 Å². The molecule has 1 aliphatic rings. The summed E-state index contributed by atoms with van der Waals surface area (Å²) >= 11 is 0. The molecule has 0 radical (unpaired) electrons. The summed E-state index contributed by atoms with van der Waals surface area (Å²) in [7, 11) is -5.05. The Balaban J connectivity index is 1.90. The Labute approximate surface area is 194 Å². The van der Waals surface area contributed by atoms with Crippen molar-refractivity contribution in [1.82, 2.24) is 0 Å². The third-order valence-electron chi connectivity index (χ3n) is 4.58. The highest BCUT2D eigenvalue weighted by atomic mass is 31.2. The number of rotatable bonds is 10. The molecular weight excluding hydrogens is 467 g/mol. The van der Waals surface area contributed by atoms with E-state index in [4.69, 9.17) is 34.5 Å². The Morgan fingerprint density at radius 1 is 1.00 bits per heavy atom. The lowest BCUT2D eigenvalue weighted by Gasteiger charge is -2.23. The lowest BCUT2D eigenvalue weighted by atomic mass is 10.1. The van der Waals surface area contributed by atoms with E-state index in [2.05, 4.69) is 4.52 Å². The van der Waals surface area contributed by atoms with Crippen LogP contribution in [0.1, 0.15) is 22.3 Å². The number of phosphoric ester groups is 1. The Kier molecular flexibility index (Phi) is 8.03. The molecule has 0 saturated carbocycles. The van der Waals surface area contributed by atoms with Gasteiger partial charge in [-0.25, -0.2) is 9.36 Å². The van der Waals surface area contributed by atoms with Crippen LogP contribution in [-0.2, 0) is 41.3 Å². The largest absolute Gasteiger partial charge is 0.485 e. The summed E-state index contributed by atoms with van der Waals surface area (Å²) in [5.74, 6) is -1.61. The van der Waals surface area contributed by atoms with Gasteiger partial charge < -0.3 is 29.1 Å². The standard InChI is InChI=1S/C22H19N2O9P/c23-9-14-3-1-5-16(7-14)12-30-20-19(18(11-25)33-34(27,28)29)32-22(26)21(20)31-13-17-6-2-4-15(8-17)10-24/h1-8,18-19,25H,11-13H2,(H2,27,28,29)/t18-,19+/m0/s1. The average molecular weight is 486 g/mol. The van der Waals surface area contributed by atoms with Crippen molar-refractivity contribution >= 4 is 13.8 Å². The van der Waals surface area contributed by atoms with Crippen LogP contribution in [0.15, 0.2) is 60.0 Å². The van der Waals surface area contributed by atoms with Gasteiger partial charge in [-0.15, -0.1) is 0 Å². The highest BCUT2D eigenvalue weighted by Gasteiger charge is 2.45. The van der Waals surface area contributed by atoms with E-state index in [-0.39, 0.29) is 24.7 Å². The topological polar surface area (TPSA) is 179 Å². The number of phosphoric acid groups is 1. The molecule has 0 fully saturated rings. The van der Waals surface area contributed by atoms with Crippen LogP contribution in [0.25, 0.3) is 0 Å². The predicted molar refractivity (Wildman–Crippen MR) is 113 cm³/mol. The second-order valence-corrected chi connectivity index (χ2v) is 8.23. The minimum absolute atomic E-state index is 0.146. The summed E-state index contributed by atoms with van der Waals surface area (Å²) in [5, 5.41) is 27.7. The quantitative estimate of drug-likeness (QED) is 0.329. The maximum Gasteiger partial charge on any atom is 0.470 e. The summed E-state index contributed by atoms with van der Waals surface area (Å²) in [6.45, 7) is -1.20. The summed E-state index contributed by atoms with van der Waals surface area (Å²) in [5.41, 5.74) is 1.87. The highest BCUT2D eigenvalue weighted by molar-refractivity contribution is 7.46. The number of nitriles is 2. The van der Waals surface area contributed by atoms with Gasteiger partial charge in [-0.3, -0.25) is 4.52 Å². The Morgan fingerprint density at radius 2 is 1.56 bits per heavy atom. The first-order valence-electron chi connectivity index (χ1n) is 9.77. The molecule has 0 spiro atoms.